The second-order valence-electron chi connectivity index (χ2n) is 5.80. The molecule has 2 aliphatic heterocycles. The van der Waals surface area contributed by atoms with Crippen LogP contribution in [0.4, 0.5) is 5.69 Å². The Hall–Kier alpha value is -1.39. The van der Waals surface area contributed by atoms with Crippen molar-refractivity contribution in [1.29, 1.82) is 0 Å². The molecule has 0 saturated carbocycles. The molecule has 3 rings (SSSR count). The van der Waals surface area contributed by atoms with E-state index in [4.69, 9.17) is 10.5 Å². The molecule has 4 nitrogen and oxygen atoms in total. The lowest BCUT2D eigenvalue weighted by atomic mass is 9.98. The Morgan fingerprint density at radius 2 is 2.15 bits per heavy atom. The van der Waals surface area contributed by atoms with Crippen molar-refractivity contribution < 1.29 is 9.53 Å². The van der Waals surface area contributed by atoms with Gasteiger partial charge in [-0.15, -0.1) is 0 Å². The number of anilines is 1. The van der Waals surface area contributed by atoms with Crippen molar-refractivity contribution in [2.75, 3.05) is 24.7 Å². The maximum Gasteiger partial charge on any atom is 0.230 e. The molecule has 1 amide bonds. The minimum atomic E-state index is 0.0422. The molecule has 1 atom stereocenters. The van der Waals surface area contributed by atoms with Gasteiger partial charge < -0.3 is 15.4 Å². The van der Waals surface area contributed by atoms with Gasteiger partial charge in [0.15, 0.2) is 0 Å². The van der Waals surface area contributed by atoms with Crippen LogP contribution in [-0.2, 0) is 16.0 Å². The number of nitrogens with zero attached hydrogens (tertiary/aromatic N) is 1. The van der Waals surface area contributed by atoms with E-state index < -0.39 is 0 Å². The molecule has 1 saturated heterocycles. The molecule has 1 aromatic rings. The Balaban J connectivity index is 1.80. The number of amides is 1. The van der Waals surface area contributed by atoms with E-state index in [1.807, 2.05) is 17.9 Å². The summed E-state index contributed by atoms with van der Waals surface area (Å²) in [5.41, 5.74) is 9.39. The van der Waals surface area contributed by atoms with Crippen LogP contribution < -0.4 is 10.6 Å². The van der Waals surface area contributed by atoms with Crippen LogP contribution >= 0.6 is 0 Å². The molecule has 0 bridgehead atoms. The number of hydrogen-bond donors (Lipinski definition) is 1. The monoisotopic (exact) mass is 274 g/mol. The van der Waals surface area contributed by atoms with Crippen molar-refractivity contribution in [3.05, 3.63) is 29.3 Å². The number of fused-ring (bicyclic) bond motifs is 1. The van der Waals surface area contributed by atoms with Gasteiger partial charge in [0, 0.05) is 37.4 Å². The number of benzene rings is 1. The predicted molar refractivity (Wildman–Crippen MR) is 78.6 cm³/mol. The van der Waals surface area contributed by atoms with Crippen molar-refractivity contribution in [3.8, 4) is 0 Å². The van der Waals surface area contributed by atoms with Crippen molar-refractivity contribution in [3.63, 3.8) is 0 Å². The highest BCUT2D eigenvalue weighted by Gasteiger charge is 2.31. The lowest BCUT2D eigenvalue weighted by molar-refractivity contribution is -0.125. The second-order valence-corrected chi connectivity index (χ2v) is 5.80. The van der Waals surface area contributed by atoms with E-state index in [1.165, 1.54) is 5.56 Å². The Labute approximate surface area is 119 Å². The zero-order valence-electron chi connectivity index (χ0n) is 12.0. The third-order valence-electron chi connectivity index (χ3n) is 4.36. The third-order valence-corrected chi connectivity index (χ3v) is 4.36. The Kier molecular flexibility index (Phi) is 3.76. The summed E-state index contributed by atoms with van der Waals surface area (Å²) in [5, 5.41) is 0. The van der Waals surface area contributed by atoms with Crippen LogP contribution in [0, 0.1) is 5.92 Å². The third kappa shape index (κ3) is 2.45. The Bertz CT molecular complexity index is 507. The smallest absolute Gasteiger partial charge is 0.230 e. The molecule has 2 aliphatic rings. The van der Waals surface area contributed by atoms with Gasteiger partial charge in [-0.1, -0.05) is 12.1 Å². The van der Waals surface area contributed by atoms with E-state index in [0.717, 1.165) is 37.1 Å². The molecule has 108 valence electrons. The molecule has 1 aromatic carbocycles. The molecule has 4 heteroatoms. The topological polar surface area (TPSA) is 55.6 Å². The first kappa shape index (κ1) is 13.6. The average molecular weight is 274 g/mol. The van der Waals surface area contributed by atoms with Crippen LogP contribution in [0.15, 0.2) is 18.2 Å². The standard InChI is InChI=1S/C16H22N2O2/c1-11(17)13-2-3-15-14(10-13)4-7-18(15)16(19)12-5-8-20-9-6-12/h2-3,10-12H,4-9,17H2,1H3/t11-/m1/s1. The minimum Gasteiger partial charge on any atom is -0.381 e. The number of nitrogens with two attached hydrogens (primary N) is 1. The van der Waals surface area contributed by atoms with Gasteiger partial charge >= 0.3 is 0 Å². The summed E-state index contributed by atoms with van der Waals surface area (Å²) >= 11 is 0. The molecule has 2 N–H and O–H groups in total. The molecular formula is C16H22N2O2. The van der Waals surface area contributed by atoms with Gasteiger partial charge in [0.1, 0.15) is 0 Å². The first-order valence-electron chi connectivity index (χ1n) is 7.44. The summed E-state index contributed by atoms with van der Waals surface area (Å²) in [6, 6.07) is 6.29. The summed E-state index contributed by atoms with van der Waals surface area (Å²) in [7, 11) is 0. The van der Waals surface area contributed by atoms with Crippen molar-refractivity contribution >= 4 is 11.6 Å². The fourth-order valence-electron chi connectivity index (χ4n) is 3.10. The Morgan fingerprint density at radius 1 is 1.40 bits per heavy atom. The van der Waals surface area contributed by atoms with Crippen LogP contribution in [0.2, 0.25) is 0 Å². The van der Waals surface area contributed by atoms with E-state index in [1.54, 1.807) is 0 Å². The lowest BCUT2D eigenvalue weighted by Crippen LogP contribution is -2.37. The van der Waals surface area contributed by atoms with E-state index in [9.17, 15) is 4.79 Å². The highest BCUT2D eigenvalue weighted by Crippen LogP contribution is 2.32. The normalized spacial score (nSPS) is 20.8. The fourth-order valence-corrected chi connectivity index (χ4v) is 3.10. The van der Waals surface area contributed by atoms with Crippen LogP contribution in [-0.4, -0.2) is 25.7 Å². The first-order valence-corrected chi connectivity index (χ1v) is 7.44. The van der Waals surface area contributed by atoms with Gasteiger partial charge in [-0.3, -0.25) is 4.79 Å². The first-order chi connectivity index (χ1) is 9.66. The summed E-state index contributed by atoms with van der Waals surface area (Å²) in [6.07, 6.45) is 2.63. The van der Waals surface area contributed by atoms with Crippen LogP contribution in [0.25, 0.3) is 0 Å². The van der Waals surface area contributed by atoms with Crippen molar-refractivity contribution in [2.45, 2.75) is 32.2 Å². The molecule has 0 spiro atoms. The van der Waals surface area contributed by atoms with Gasteiger partial charge in [-0.05, 0) is 43.4 Å². The minimum absolute atomic E-state index is 0.0422. The number of carbonyl (C=O) groups is 1. The fraction of sp³-hybridized carbons (Fsp3) is 0.562. The maximum atomic E-state index is 12.6. The highest BCUT2D eigenvalue weighted by molar-refractivity contribution is 5.97. The van der Waals surface area contributed by atoms with E-state index in [0.29, 0.717) is 13.2 Å². The molecule has 20 heavy (non-hydrogen) atoms. The van der Waals surface area contributed by atoms with Gasteiger partial charge in [-0.2, -0.15) is 0 Å². The molecule has 0 aromatic heterocycles. The van der Waals surface area contributed by atoms with E-state index in [-0.39, 0.29) is 17.9 Å². The summed E-state index contributed by atoms with van der Waals surface area (Å²) in [6.45, 7) is 4.21. The molecule has 0 unspecified atom stereocenters. The number of rotatable bonds is 2. The number of ether oxygens (including phenoxy) is 1. The zero-order chi connectivity index (χ0) is 14.1. The SMILES string of the molecule is C[C@@H](N)c1ccc2c(c1)CCN2C(=O)C1CCOCC1. The number of hydrogen-bond acceptors (Lipinski definition) is 3. The van der Waals surface area contributed by atoms with Crippen molar-refractivity contribution in [1.82, 2.24) is 0 Å². The molecular weight excluding hydrogens is 252 g/mol. The Morgan fingerprint density at radius 3 is 2.85 bits per heavy atom. The van der Waals surface area contributed by atoms with Gasteiger partial charge in [-0.25, -0.2) is 0 Å². The van der Waals surface area contributed by atoms with Crippen LogP contribution in [0.5, 0.6) is 0 Å². The molecule has 0 aliphatic carbocycles. The zero-order valence-corrected chi connectivity index (χ0v) is 12.0. The molecule has 2 heterocycles. The predicted octanol–water partition coefficient (Wildman–Crippen LogP) is 2.02. The summed E-state index contributed by atoms with van der Waals surface area (Å²) in [4.78, 5) is 14.6. The van der Waals surface area contributed by atoms with Gasteiger partial charge in [0.25, 0.3) is 0 Å². The van der Waals surface area contributed by atoms with Gasteiger partial charge in [0.05, 0.1) is 0 Å². The van der Waals surface area contributed by atoms with Gasteiger partial charge in [0.2, 0.25) is 5.91 Å². The highest BCUT2D eigenvalue weighted by atomic mass is 16.5. The van der Waals surface area contributed by atoms with Crippen molar-refractivity contribution in [2.24, 2.45) is 11.7 Å². The largest absolute Gasteiger partial charge is 0.381 e. The second kappa shape index (κ2) is 5.54. The van der Waals surface area contributed by atoms with E-state index >= 15 is 0 Å². The molecule has 0 radical (unpaired) electrons. The summed E-state index contributed by atoms with van der Waals surface area (Å²) in [5.74, 6) is 0.392. The average Bonchev–Trinajstić information content (AvgIpc) is 2.90. The lowest BCUT2D eigenvalue weighted by Gasteiger charge is -2.26. The van der Waals surface area contributed by atoms with Crippen LogP contribution in [0.3, 0.4) is 0 Å². The van der Waals surface area contributed by atoms with Crippen LogP contribution in [0.1, 0.15) is 36.9 Å². The summed E-state index contributed by atoms with van der Waals surface area (Å²) < 4.78 is 5.34. The number of carbonyl (C=O) groups excluding carboxylic acids is 1. The molecule has 1 fully saturated rings. The quantitative estimate of drug-likeness (QED) is 0.897. The van der Waals surface area contributed by atoms with E-state index in [2.05, 4.69) is 12.1 Å². The maximum absolute atomic E-state index is 12.6.